The summed E-state index contributed by atoms with van der Waals surface area (Å²) in [5, 5.41) is 31.9. The normalized spacial score (nSPS) is 9.95. The summed E-state index contributed by atoms with van der Waals surface area (Å²) in [6, 6.07) is 4.93. The van der Waals surface area contributed by atoms with Gasteiger partial charge in [0.1, 0.15) is 5.69 Å². The third kappa shape index (κ3) is 6.05. The van der Waals surface area contributed by atoms with E-state index in [1.807, 2.05) is 4.90 Å². The Balaban J connectivity index is 0.00000441. The van der Waals surface area contributed by atoms with Crippen LogP contribution < -0.4 is 10.2 Å². The van der Waals surface area contributed by atoms with Crippen LogP contribution in [0.25, 0.3) is 0 Å². The van der Waals surface area contributed by atoms with Crippen molar-refractivity contribution in [1.29, 1.82) is 0 Å². The highest BCUT2D eigenvalue weighted by atomic mass is 35.5. The molecule has 0 aromatic heterocycles. The smallest absolute Gasteiger partial charge is 0.294 e. The number of aliphatic hydroxyl groups excluding tert-OH is 2. The van der Waals surface area contributed by atoms with Crippen LogP contribution in [0.4, 0.5) is 17.1 Å². The predicted molar refractivity (Wildman–Crippen MR) is 90.1 cm³/mol. The van der Waals surface area contributed by atoms with Crippen LogP contribution in [0.5, 0.6) is 0 Å². The number of nitrogens with one attached hydrogen (secondary N) is 1. The minimum absolute atomic E-state index is 0. The van der Waals surface area contributed by atoms with E-state index in [4.69, 9.17) is 10.2 Å². The minimum atomic E-state index is -0.444. The molecule has 3 N–H and O–H groups in total. The predicted octanol–water partition coefficient (Wildman–Crippen LogP) is 2.02. The standard InChI is InChI=1S/C14H23N3O4.ClH/c1-2-3-7-16(8-10-19)12-4-5-13(15-6-9-18)14(11-12)17(20)21;/h4-5,11,15,18-19H,2-3,6-10H2,1H3;1H. The molecule has 0 aliphatic carbocycles. The lowest BCUT2D eigenvalue weighted by Gasteiger charge is -2.24. The van der Waals surface area contributed by atoms with E-state index in [-0.39, 0.29) is 37.9 Å². The molecular weight excluding hydrogens is 310 g/mol. The number of unbranched alkanes of at least 4 members (excludes halogenated alkanes) is 1. The van der Waals surface area contributed by atoms with E-state index in [0.717, 1.165) is 25.1 Å². The van der Waals surface area contributed by atoms with Gasteiger partial charge in [0, 0.05) is 31.4 Å². The molecule has 0 saturated heterocycles. The summed E-state index contributed by atoms with van der Waals surface area (Å²) in [6.07, 6.45) is 1.97. The van der Waals surface area contributed by atoms with Gasteiger partial charge in [0.05, 0.1) is 18.1 Å². The number of anilines is 2. The van der Waals surface area contributed by atoms with E-state index < -0.39 is 4.92 Å². The summed E-state index contributed by atoms with van der Waals surface area (Å²) in [4.78, 5) is 12.7. The van der Waals surface area contributed by atoms with Crippen molar-refractivity contribution < 1.29 is 15.1 Å². The average molecular weight is 334 g/mol. The highest BCUT2D eigenvalue weighted by molar-refractivity contribution is 5.85. The monoisotopic (exact) mass is 333 g/mol. The van der Waals surface area contributed by atoms with Crippen molar-refractivity contribution in [1.82, 2.24) is 0 Å². The van der Waals surface area contributed by atoms with Gasteiger partial charge in [-0.15, -0.1) is 12.4 Å². The zero-order chi connectivity index (χ0) is 15.7. The lowest BCUT2D eigenvalue weighted by Crippen LogP contribution is -2.27. The third-order valence-corrected chi connectivity index (χ3v) is 3.12. The Morgan fingerprint density at radius 2 is 2.00 bits per heavy atom. The molecule has 0 bridgehead atoms. The molecule has 126 valence electrons. The Hall–Kier alpha value is -1.57. The van der Waals surface area contributed by atoms with Gasteiger partial charge in [-0.05, 0) is 18.6 Å². The van der Waals surface area contributed by atoms with Crippen LogP contribution in [0.3, 0.4) is 0 Å². The molecule has 0 fully saturated rings. The fourth-order valence-electron chi connectivity index (χ4n) is 2.05. The Morgan fingerprint density at radius 3 is 2.55 bits per heavy atom. The Bertz CT molecular complexity index is 460. The van der Waals surface area contributed by atoms with Crippen LogP contribution >= 0.6 is 12.4 Å². The molecule has 0 spiro atoms. The van der Waals surface area contributed by atoms with Gasteiger partial charge in [0.15, 0.2) is 0 Å². The molecule has 0 radical (unpaired) electrons. The molecule has 1 aromatic rings. The summed E-state index contributed by atoms with van der Waals surface area (Å²) < 4.78 is 0. The lowest BCUT2D eigenvalue weighted by molar-refractivity contribution is -0.383. The number of aliphatic hydroxyl groups is 2. The number of hydrogen-bond donors (Lipinski definition) is 3. The van der Waals surface area contributed by atoms with Gasteiger partial charge < -0.3 is 20.4 Å². The molecule has 1 aromatic carbocycles. The number of benzene rings is 1. The van der Waals surface area contributed by atoms with Crippen molar-refractivity contribution in [3.05, 3.63) is 28.3 Å². The summed E-state index contributed by atoms with van der Waals surface area (Å²) in [6.45, 7) is 3.43. The van der Waals surface area contributed by atoms with Gasteiger partial charge in [-0.2, -0.15) is 0 Å². The van der Waals surface area contributed by atoms with Gasteiger partial charge in [-0.3, -0.25) is 10.1 Å². The SMILES string of the molecule is CCCCN(CCO)c1ccc(NCCO)c([N+](=O)[O-])c1.Cl. The molecule has 0 amide bonds. The zero-order valence-corrected chi connectivity index (χ0v) is 13.5. The van der Waals surface area contributed by atoms with Gasteiger partial charge in [0.2, 0.25) is 0 Å². The summed E-state index contributed by atoms with van der Waals surface area (Å²) in [5.74, 6) is 0. The fraction of sp³-hybridized carbons (Fsp3) is 0.571. The number of halogens is 1. The zero-order valence-electron chi connectivity index (χ0n) is 12.7. The van der Waals surface area contributed by atoms with Crippen molar-refractivity contribution in [3.63, 3.8) is 0 Å². The summed E-state index contributed by atoms with van der Waals surface area (Å²) in [7, 11) is 0. The first-order valence-electron chi connectivity index (χ1n) is 7.13. The number of rotatable bonds is 10. The number of hydrogen-bond acceptors (Lipinski definition) is 6. The molecule has 0 aliphatic heterocycles. The Kier molecular flexibility index (Phi) is 10.3. The Labute approximate surface area is 136 Å². The molecule has 0 saturated carbocycles. The van der Waals surface area contributed by atoms with E-state index in [9.17, 15) is 10.1 Å². The van der Waals surface area contributed by atoms with Gasteiger partial charge in [-0.1, -0.05) is 13.3 Å². The summed E-state index contributed by atoms with van der Waals surface area (Å²) in [5.41, 5.74) is 1.08. The van der Waals surface area contributed by atoms with E-state index in [1.165, 1.54) is 6.07 Å². The quantitative estimate of drug-likeness (QED) is 0.447. The van der Waals surface area contributed by atoms with Crippen LogP contribution in [-0.4, -0.2) is 48.0 Å². The molecule has 0 heterocycles. The molecule has 0 unspecified atom stereocenters. The maximum Gasteiger partial charge on any atom is 0.294 e. The van der Waals surface area contributed by atoms with Gasteiger partial charge in [-0.25, -0.2) is 0 Å². The van der Waals surface area contributed by atoms with Crippen LogP contribution in [0.2, 0.25) is 0 Å². The molecule has 1 rings (SSSR count). The molecular formula is C14H24ClN3O4. The highest BCUT2D eigenvalue weighted by Gasteiger charge is 2.16. The second-order valence-electron chi connectivity index (χ2n) is 4.67. The van der Waals surface area contributed by atoms with Crippen molar-refractivity contribution in [2.75, 3.05) is 43.1 Å². The average Bonchev–Trinajstić information content (AvgIpc) is 2.49. The molecule has 0 atom stereocenters. The van der Waals surface area contributed by atoms with E-state index in [2.05, 4.69) is 12.2 Å². The van der Waals surface area contributed by atoms with E-state index in [0.29, 0.717) is 12.2 Å². The van der Waals surface area contributed by atoms with E-state index in [1.54, 1.807) is 12.1 Å². The number of nitro benzene ring substituents is 1. The highest BCUT2D eigenvalue weighted by Crippen LogP contribution is 2.29. The number of nitrogens with zero attached hydrogens (tertiary/aromatic N) is 2. The lowest BCUT2D eigenvalue weighted by atomic mass is 10.2. The van der Waals surface area contributed by atoms with Gasteiger partial charge >= 0.3 is 0 Å². The van der Waals surface area contributed by atoms with Crippen LogP contribution in [0.1, 0.15) is 19.8 Å². The maximum absolute atomic E-state index is 11.2. The first kappa shape index (κ1) is 20.4. The second kappa shape index (κ2) is 11.1. The summed E-state index contributed by atoms with van der Waals surface area (Å²) >= 11 is 0. The van der Waals surface area contributed by atoms with Crippen LogP contribution in [-0.2, 0) is 0 Å². The molecule has 7 nitrogen and oxygen atoms in total. The maximum atomic E-state index is 11.2. The van der Waals surface area contributed by atoms with Crippen molar-refractivity contribution in [2.24, 2.45) is 0 Å². The van der Waals surface area contributed by atoms with E-state index >= 15 is 0 Å². The van der Waals surface area contributed by atoms with Gasteiger partial charge in [0.25, 0.3) is 5.69 Å². The largest absolute Gasteiger partial charge is 0.395 e. The second-order valence-corrected chi connectivity index (χ2v) is 4.67. The molecule has 0 aliphatic rings. The minimum Gasteiger partial charge on any atom is -0.395 e. The van der Waals surface area contributed by atoms with Crippen LogP contribution in [0, 0.1) is 10.1 Å². The van der Waals surface area contributed by atoms with Crippen molar-refractivity contribution >= 4 is 29.5 Å². The first-order valence-corrected chi connectivity index (χ1v) is 7.13. The molecule has 22 heavy (non-hydrogen) atoms. The number of nitro groups is 1. The molecule has 8 heteroatoms. The Morgan fingerprint density at radius 1 is 1.27 bits per heavy atom. The van der Waals surface area contributed by atoms with Crippen LogP contribution in [0.15, 0.2) is 18.2 Å². The topological polar surface area (TPSA) is 98.9 Å². The first-order chi connectivity index (χ1) is 10.1. The fourth-order valence-corrected chi connectivity index (χ4v) is 2.05. The third-order valence-electron chi connectivity index (χ3n) is 3.12. The van der Waals surface area contributed by atoms with Crippen molar-refractivity contribution in [3.8, 4) is 0 Å². The van der Waals surface area contributed by atoms with Crippen molar-refractivity contribution in [2.45, 2.75) is 19.8 Å².